The van der Waals surface area contributed by atoms with Gasteiger partial charge in [0.25, 0.3) is 5.91 Å². The predicted molar refractivity (Wildman–Crippen MR) is 103 cm³/mol. The van der Waals surface area contributed by atoms with E-state index >= 15 is 0 Å². The normalized spacial score (nSPS) is 13.5. The molecule has 0 atom stereocenters. The molecule has 1 heterocycles. The van der Waals surface area contributed by atoms with Crippen LogP contribution >= 0.6 is 12.2 Å². The lowest BCUT2D eigenvalue weighted by Crippen LogP contribution is -2.28. The van der Waals surface area contributed by atoms with E-state index in [-0.39, 0.29) is 12.5 Å². The van der Waals surface area contributed by atoms with E-state index in [0.717, 1.165) is 29.2 Å². The van der Waals surface area contributed by atoms with Gasteiger partial charge in [-0.15, -0.1) is 0 Å². The monoisotopic (exact) mass is 354 g/mol. The Morgan fingerprint density at radius 1 is 1.04 bits per heavy atom. The van der Waals surface area contributed by atoms with Crippen LogP contribution in [0.15, 0.2) is 54.6 Å². The van der Waals surface area contributed by atoms with E-state index < -0.39 is 0 Å². The Labute approximate surface area is 153 Å². The number of nitrogens with one attached hydrogen (secondary N) is 1. The minimum Gasteiger partial charge on any atom is -0.484 e. The fraction of sp³-hybridized carbons (Fsp3) is 0.300. The highest BCUT2D eigenvalue weighted by Crippen LogP contribution is 2.17. The SMILES string of the molecule is O=C(COc1ccc(C(=S)N2CCCC2)cc1)NCc1ccccc1. The average molecular weight is 354 g/mol. The molecule has 0 spiro atoms. The highest BCUT2D eigenvalue weighted by atomic mass is 32.1. The van der Waals surface area contributed by atoms with E-state index in [1.54, 1.807) is 0 Å². The van der Waals surface area contributed by atoms with Gasteiger partial charge < -0.3 is 15.0 Å². The Hall–Kier alpha value is -2.40. The molecule has 1 aliphatic rings. The molecule has 2 aromatic rings. The molecule has 2 aromatic carbocycles. The molecule has 1 amide bonds. The molecular formula is C20H22N2O2S. The van der Waals surface area contributed by atoms with E-state index in [2.05, 4.69) is 10.2 Å². The van der Waals surface area contributed by atoms with Crippen LogP contribution in [0.2, 0.25) is 0 Å². The maximum atomic E-state index is 11.9. The summed E-state index contributed by atoms with van der Waals surface area (Å²) in [6, 6.07) is 17.4. The first-order chi connectivity index (χ1) is 12.2. The smallest absolute Gasteiger partial charge is 0.258 e. The van der Waals surface area contributed by atoms with Crippen LogP contribution in [0.3, 0.4) is 0 Å². The van der Waals surface area contributed by atoms with Crippen LogP contribution in [0.1, 0.15) is 24.0 Å². The number of amides is 1. The Morgan fingerprint density at radius 2 is 1.72 bits per heavy atom. The summed E-state index contributed by atoms with van der Waals surface area (Å²) >= 11 is 5.53. The Kier molecular flexibility index (Phi) is 6.01. The van der Waals surface area contributed by atoms with Crippen molar-refractivity contribution in [2.75, 3.05) is 19.7 Å². The fourth-order valence-electron chi connectivity index (χ4n) is 2.79. The van der Waals surface area contributed by atoms with Gasteiger partial charge in [0.1, 0.15) is 10.7 Å². The third-order valence-electron chi connectivity index (χ3n) is 4.20. The summed E-state index contributed by atoms with van der Waals surface area (Å²) in [5.74, 6) is 0.531. The number of rotatable bonds is 6. The molecule has 0 saturated carbocycles. The molecule has 25 heavy (non-hydrogen) atoms. The lowest BCUT2D eigenvalue weighted by atomic mass is 10.2. The van der Waals surface area contributed by atoms with Crippen LogP contribution in [-0.4, -0.2) is 35.5 Å². The number of carbonyl (C=O) groups excluding carboxylic acids is 1. The summed E-state index contributed by atoms with van der Waals surface area (Å²) in [7, 11) is 0. The van der Waals surface area contributed by atoms with Crippen molar-refractivity contribution in [3.63, 3.8) is 0 Å². The number of ether oxygens (including phenoxy) is 1. The van der Waals surface area contributed by atoms with E-state index in [1.165, 1.54) is 12.8 Å². The van der Waals surface area contributed by atoms with Gasteiger partial charge >= 0.3 is 0 Å². The van der Waals surface area contributed by atoms with Gasteiger partial charge in [0.15, 0.2) is 6.61 Å². The minimum atomic E-state index is -0.138. The number of likely N-dealkylation sites (tertiary alicyclic amines) is 1. The van der Waals surface area contributed by atoms with Crippen LogP contribution in [0.5, 0.6) is 5.75 Å². The van der Waals surface area contributed by atoms with Crippen molar-refractivity contribution in [2.24, 2.45) is 0 Å². The van der Waals surface area contributed by atoms with Gasteiger partial charge in [0, 0.05) is 25.2 Å². The van der Waals surface area contributed by atoms with Gasteiger partial charge in [-0.2, -0.15) is 0 Å². The Balaban J connectivity index is 1.45. The number of nitrogens with zero attached hydrogens (tertiary/aromatic N) is 1. The summed E-state index contributed by atoms with van der Waals surface area (Å²) in [5.41, 5.74) is 2.09. The van der Waals surface area contributed by atoms with Crippen molar-refractivity contribution in [1.29, 1.82) is 0 Å². The number of benzene rings is 2. The van der Waals surface area contributed by atoms with Crippen LogP contribution < -0.4 is 10.1 Å². The lowest BCUT2D eigenvalue weighted by molar-refractivity contribution is -0.123. The molecule has 0 unspecified atom stereocenters. The summed E-state index contributed by atoms with van der Waals surface area (Å²) < 4.78 is 5.55. The summed E-state index contributed by atoms with van der Waals surface area (Å²) in [5, 5.41) is 2.84. The van der Waals surface area contributed by atoms with Crippen molar-refractivity contribution >= 4 is 23.1 Å². The molecule has 1 saturated heterocycles. The summed E-state index contributed by atoms with van der Waals surface area (Å²) in [6.45, 7) is 2.59. The van der Waals surface area contributed by atoms with Gasteiger partial charge in [-0.05, 0) is 42.7 Å². The molecule has 4 nitrogen and oxygen atoms in total. The maximum Gasteiger partial charge on any atom is 0.258 e. The number of hydrogen-bond acceptors (Lipinski definition) is 3. The van der Waals surface area contributed by atoms with Crippen molar-refractivity contribution in [2.45, 2.75) is 19.4 Å². The van der Waals surface area contributed by atoms with E-state index in [4.69, 9.17) is 17.0 Å². The van der Waals surface area contributed by atoms with Crippen molar-refractivity contribution < 1.29 is 9.53 Å². The lowest BCUT2D eigenvalue weighted by Gasteiger charge is -2.18. The largest absolute Gasteiger partial charge is 0.484 e. The molecule has 0 aliphatic carbocycles. The van der Waals surface area contributed by atoms with E-state index in [0.29, 0.717) is 12.3 Å². The Morgan fingerprint density at radius 3 is 2.40 bits per heavy atom. The summed E-state index contributed by atoms with van der Waals surface area (Å²) in [6.07, 6.45) is 2.42. The second-order valence-corrected chi connectivity index (χ2v) is 6.46. The van der Waals surface area contributed by atoms with Gasteiger partial charge in [-0.25, -0.2) is 0 Å². The van der Waals surface area contributed by atoms with Gasteiger partial charge in [0.2, 0.25) is 0 Å². The molecular weight excluding hydrogens is 332 g/mol. The van der Waals surface area contributed by atoms with Gasteiger partial charge in [-0.1, -0.05) is 42.5 Å². The van der Waals surface area contributed by atoms with Crippen LogP contribution in [0.4, 0.5) is 0 Å². The van der Waals surface area contributed by atoms with E-state index in [9.17, 15) is 4.79 Å². The number of thiocarbonyl (C=S) groups is 1. The highest BCUT2D eigenvalue weighted by Gasteiger charge is 2.16. The molecule has 3 rings (SSSR count). The van der Waals surface area contributed by atoms with Crippen LogP contribution in [0.25, 0.3) is 0 Å². The molecule has 1 aliphatic heterocycles. The molecule has 130 valence electrons. The first-order valence-corrected chi connectivity index (χ1v) is 8.96. The summed E-state index contributed by atoms with van der Waals surface area (Å²) in [4.78, 5) is 15.0. The molecule has 0 aromatic heterocycles. The van der Waals surface area contributed by atoms with Crippen molar-refractivity contribution in [3.8, 4) is 5.75 Å². The third-order valence-corrected chi connectivity index (χ3v) is 4.69. The van der Waals surface area contributed by atoms with Gasteiger partial charge in [0.05, 0.1) is 0 Å². The zero-order valence-electron chi connectivity index (χ0n) is 14.1. The maximum absolute atomic E-state index is 11.9. The van der Waals surface area contributed by atoms with E-state index in [1.807, 2.05) is 54.6 Å². The fourth-order valence-corrected chi connectivity index (χ4v) is 3.11. The van der Waals surface area contributed by atoms with Crippen molar-refractivity contribution in [1.82, 2.24) is 10.2 Å². The molecule has 1 N–H and O–H groups in total. The number of carbonyl (C=O) groups is 1. The molecule has 1 fully saturated rings. The zero-order chi connectivity index (χ0) is 17.5. The quantitative estimate of drug-likeness (QED) is 0.809. The van der Waals surface area contributed by atoms with Crippen molar-refractivity contribution in [3.05, 3.63) is 65.7 Å². The van der Waals surface area contributed by atoms with Crippen LogP contribution in [-0.2, 0) is 11.3 Å². The topological polar surface area (TPSA) is 41.6 Å². The zero-order valence-corrected chi connectivity index (χ0v) is 14.9. The predicted octanol–water partition coefficient (Wildman–Crippen LogP) is 3.15. The average Bonchev–Trinajstić information content (AvgIpc) is 3.20. The van der Waals surface area contributed by atoms with Crippen LogP contribution in [0, 0.1) is 0 Å². The third kappa shape index (κ3) is 5.03. The minimum absolute atomic E-state index is 0.00273. The second-order valence-electron chi connectivity index (χ2n) is 6.07. The van der Waals surface area contributed by atoms with Gasteiger partial charge in [-0.3, -0.25) is 4.79 Å². The Bertz CT molecular complexity index is 710. The number of hydrogen-bond donors (Lipinski definition) is 1. The second kappa shape index (κ2) is 8.62. The molecule has 0 bridgehead atoms. The first kappa shape index (κ1) is 17.4. The molecule has 0 radical (unpaired) electrons. The highest BCUT2D eigenvalue weighted by molar-refractivity contribution is 7.80. The first-order valence-electron chi connectivity index (χ1n) is 8.55. The molecule has 5 heteroatoms. The standard InChI is InChI=1S/C20H22N2O2S/c23-19(21-14-16-6-2-1-3-7-16)15-24-18-10-8-17(9-11-18)20(25)22-12-4-5-13-22/h1-3,6-11H,4-5,12-15H2,(H,21,23).